The fraction of sp³-hybridized carbons (Fsp3) is 0.200. The molecule has 0 amide bonds. The Morgan fingerprint density at radius 1 is 1.25 bits per heavy atom. The number of rotatable bonds is 4. The van der Waals surface area contributed by atoms with Gasteiger partial charge in [-0.05, 0) is 19.1 Å². The monoisotopic (exact) mass is 284 g/mol. The molecule has 1 aromatic carbocycles. The molecule has 20 heavy (non-hydrogen) atoms. The molecular formula is C15H16N4S. The molecule has 0 radical (unpaired) electrons. The highest BCUT2D eigenvalue weighted by Crippen LogP contribution is 2.23. The average Bonchev–Trinajstić information content (AvgIpc) is 3.06. The number of thiazole rings is 1. The molecule has 3 rings (SSSR count). The maximum atomic E-state index is 4.50. The summed E-state index contributed by atoms with van der Waals surface area (Å²) in [6, 6.07) is 8.36. The zero-order valence-corrected chi connectivity index (χ0v) is 12.3. The van der Waals surface area contributed by atoms with E-state index < -0.39 is 0 Å². The predicted octanol–water partition coefficient (Wildman–Crippen LogP) is 3.46. The van der Waals surface area contributed by atoms with Gasteiger partial charge in [0, 0.05) is 29.9 Å². The number of aromatic nitrogens is 3. The minimum Gasteiger partial charge on any atom is -0.379 e. The van der Waals surface area contributed by atoms with Crippen molar-refractivity contribution in [2.75, 3.05) is 5.32 Å². The fourth-order valence-electron chi connectivity index (χ4n) is 2.00. The first-order valence-corrected chi connectivity index (χ1v) is 7.32. The minimum atomic E-state index is 0.769. The summed E-state index contributed by atoms with van der Waals surface area (Å²) in [6.07, 6.45) is 3.68. The van der Waals surface area contributed by atoms with E-state index in [9.17, 15) is 0 Å². The van der Waals surface area contributed by atoms with Crippen molar-refractivity contribution in [3.8, 4) is 11.3 Å². The van der Waals surface area contributed by atoms with E-state index in [0.29, 0.717) is 0 Å². The third kappa shape index (κ3) is 2.72. The topological polar surface area (TPSA) is 42.7 Å². The molecule has 0 fully saturated rings. The van der Waals surface area contributed by atoms with Crippen LogP contribution in [0, 0.1) is 6.92 Å². The quantitative estimate of drug-likeness (QED) is 0.797. The summed E-state index contributed by atoms with van der Waals surface area (Å²) in [5.74, 6) is 0. The molecule has 0 aliphatic heterocycles. The minimum absolute atomic E-state index is 0.769. The van der Waals surface area contributed by atoms with E-state index in [-0.39, 0.29) is 0 Å². The summed E-state index contributed by atoms with van der Waals surface area (Å²) in [6.45, 7) is 2.80. The van der Waals surface area contributed by atoms with Crippen LogP contribution in [0.5, 0.6) is 0 Å². The fourth-order valence-corrected chi connectivity index (χ4v) is 2.62. The van der Waals surface area contributed by atoms with Gasteiger partial charge in [-0.3, -0.25) is 0 Å². The van der Waals surface area contributed by atoms with E-state index in [4.69, 9.17) is 0 Å². The van der Waals surface area contributed by atoms with Gasteiger partial charge in [-0.1, -0.05) is 12.1 Å². The second-order valence-corrected chi connectivity index (χ2v) is 5.74. The van der Waals surface area contributed by atoms with Gasteiger partial charge in [0.1, 0.15) is 0 Å². The van der Waals surface area contributed by atoms with Gasteiger partial charge in [-0.25, -0.2) is 9.97 Å². The molecule has 0 atom stereocenters. The number of hydrogen-bond acceptors (Lipinski definition) is 4. The van der Waals surface area contributed by atoms with E-state index >= 15 is 0 Å². The third-order valence-corrected chi connectivity index (χ3v) is 3.96. The summed E-state index contributed by atoms with van der Waals surface area (Å²) >= 11 is 1.68. The summed E-state index contributed by atoms with van der Waals surface area (Å²) in [5.41, 5.74) is 4.46. The van der Waals surface area contributed by atoms with Crippen LogP contribution in [0.3, 0.4) is 0 Å². The molecule has 3 aromatic rings. The van der Waals surface area contributed by atoms with Crippen molar-refractivity contribution >= 4 is 17.0 Å². The second-order valence-electron chi connectivity index (χ2n) is 4.68. The van der Waals surface area contributed by atoms with Gasteiger partial charge in [0.15, 0.2) is 0 Å². The maximum Gasteiger partial charge on any atom is 0.0946 e. The summed E-state index contributed by atoms with van der Waals surface area (Å²) in [7, 11) is 2.00. The third-order valence-electron chi connectivity index (χ3n) is 3.19. The molecule has 0 saturated heterocycles. The van der Waals surface area contributed by atoms with Gasteiger partial charge in [0.05, 0.1) is 29.3 Å². The van der Waals surface area contributed by atoms with Crippen molar-refractivity contribution in [2.24, 2.45) is 7.05 Å². The molecule has 0 aliphatic rings. The largest absolute Gasteiger partial charge is 0.379 e. The molecule has 5 heteroatoms. The molecule has 0 bridgehead atoms. The Hall–Kier alpha value is -2.14. The molecular weight excluding hydrogens is 268 g/mol. The lowest BCUT2D eigenvalue weighted by atomic mass is 10.1. The van der Waals surface area contributed by atoms with Crippen LogP contribution in [0.4, 0.5) is 5.69 Å². The summed E-state index contributed by atoms with van der Waals surface area (Å²) in [5, 5.41) is 6.58. The molecule has 0 unspecified atom stereocenters. The van der Waals surface area contributed by atoms with Gasteiger partial charge in [-0.2, -0.15) is 0 Å². The van der Waals surface area contributed by atoms with Crippen LogP contribution in [0.1, 0.15) is 10.7 Å². The van der Waals surface area contributed by atoms with Gasteiger partial charge < -0.3 is 9.88 Å². The van der Waals surface area contributed by atoms with Crippen molar-refractivity contribution < 1.29 is 0 Å². The highest BCUT2D eigenvalue weighted by Gasteiger charge is 2.02. The van der Waals surface area contributed by atoms with Crippen LogP contribution in [0.25, 0.3) is 11.3 Å². The molecule has 2 heterocycles. The first-order valence-electron chi connectivity index (χ1n) is 6.44. The van der Waals surface area contributed by atoms with Crippen LogP contribution in [-0.2, 0) is 13.6 Å². The molecule has 4 nitrogen and oxygen atoms in total. The molecule has 2 aromatic heterocycles. The molecule has 1 N–H and O–H groups in total. The van der Waals surface area contributed by atoms with Gasteiger partial charge in [0.2, 0.25) is 0 Å². The number of benzene rings is 1. The Kier molecular flexibility index (Phi) is 3.52. The van der Waals surface area contributed by atoms with E-state index in [0.717, 1.165) is 34.2 Å². The van der Waals surface area contributed by atoms with Crippen molar-refractivity contribution in [1.29, 1.82) is 0 Å². The number of nitrogens with one attached hydrogen (secondary N) is 1. The highest BCUT2D eigenvalue weighted by atomic mass is 32.1. The van der Waals surface area contributed by atoms with E-state index in [1.165, 1.54) is 0 Å². The number of anilines is 1. The van der Waals surface area contributed by atoms with Crippen molar-refractivity contribution in [1.82, 2.24) is 14.5 Å². The number of hydrogen-bond donors (Lipinski definition) is 1. The van der Waals surface area contributed by atoms with Crippen LogP contribution in [0.15, 0.2) is 42.2 Å². The van der Waals surface area contributed by atoms with Crippen molar-refractivity contribution in [3.05, 3.63) is 52.9 Å². The maximum absolute atomic E-state index is 4.50. The van der Waals surface area contributed by atoms with Crippen molar-refractivity contribution in [2.45, 2.75) is 13.5 Å². The first kappa shape index (κ1) is 12.9. The lowest BCUT2D eigenvalue weighted by Gasteiger charge is -2.07. The predicted molar refractivity (Wildman–Crippen MR) is 82.8 cm³/mol. The zero-order chi connectivity index (χ0) is 13.9. The smallest absolute Gasteiger partial charge is 0.0946 e. The lowest BCUT2D eigenvalue weighted by Crippen LogP contribution is -2.03. The van der Waals surface area contributed by atoms with Gasteiger partial charge in [0.25, 0.3) is 0 Å². The van der Waals surface area contributed by atoms with Crippen LogP contribution in [0.2, 0.25) is 0 Å². The molecule has 102 valence electrons. The first-order chi connectivity index (χ1) is 9.72. The van der Waals surface area contributed by atoms with Crippen molar-refractivity contribution in [3.63, 3.8) is 0 Å². The van der Waals surface area contributed by atoms with Crippen LogP contribution < -0.4 is 5.32 Å². The second kappa shape index (κ2) is 5.46. The Morgan fingerprint density at radius 3 is 2.65 bits per heavy atom. The Bertz CT molecular complexity index is 697. The van der Waals surface area contributed by atoms with Crippen LogP contribution >= 0.6 is 11.3 Å². The molecule has 0 aliphatic carbocycles. The number of imidazole rings is 1. The van der Waals surface area contributed by atoms with Gasteiger partial charge in [-0.15, -0.1) is 11.3 Å². The van der Waals surface area contributed by atoms with E-state index in [1.54, 1.807) is 11.3 Å². The zero-order valence-electron chi connectivity index (χ0n) is 11.5. The van der Waals surface area contributed by atoms with E-state index in [2.05, 4.69) is 44.9 Å². The van der Waals surface area contributed by atoms with Crippen LogP contribution in [-0.4, -0.2) is 14.5 Å². The summed E-state index contributed by atoms with van der Waals surface area (Å²) < 4.78 is 2.01. The normalized spacial score (nSPS) is 10.7. The number of nitrogens with zero attached hydrogens (tertiary/aromatic N) is 3. The van der Waals surface area contributed by atoms with E-state index in [1.807, 2.05) is 31.1 Å². The Balaban J connectivity index is 1.69. The molecule has 0 spiro atoms. The number of aryl methyl sites for hydroxylation is 2. The SMILES string of the molecule is Cc1nc(-c2ccc(NCc3cncn3C)cc2)cs1. The lowest BCUT2D eigenvalue weighted by molar-refractivity contribution is 0.837. The highest BCUT2D eigenvalue weighted by molar-refractivity contribution is 7.09. The average molecular weight is 284 g/mol. The Morgan fingerprint density at radius 2 is 2.05 bits per heavy atom. The summed E-state index contributed by atoms with van der Waals surface area (Å²) in [4.78, 5) is 8.60. The Labute approximate surface area is 122 Å². The van der Waals surface area contributed by atoms with Gasteiger partial charge >= 0.3 is 0 Å². The standard InChI is InChI=1S/C15H16N4S/c1-11-18-15(9-20-11)12-3-5-13(6-4-12)17-8-14-7-16-10-19(14)2/h3-7,9-10,17H,8H2,1-2H3. The molecule has 0 saturated carbocycles.